The standard InChI is InChI=1S/C21H31N3O/c1-17-4-2-5-18(12-17)13-23-10-3-8-21(15-23)9-11-24(16-21)14-20(25)22-19-6-7-19/h2,4-5,12,19H,3,6-11,13-16H2,1H3,(H,22,25)/t21-/m1/s1. The van der Waals surface area contributed by atoms with E-state index in [0.717, 1.165) is 19.6 Å². The summed E-state index contributed by atoms with van der Waals surface area (Å²) in [6.45, 7) is 8.38. The predicted molar refractivity (Wildman–Crippen MR) is 100 cm³/mol. The third-order valence-electron chi connectivity index (χ3n) is 6.06. The Bertz CT molecular complexity index is 627. The first-order chi connectivity index (χ1) is 12.1. The van der Waals surface area contributed by atoms with Gasteiger partial charge in [0.15, 0.2) is 0 Å². The van der Waals surface area contributed by atoms with Crippen LogP contribution >= 0.6 is 0 Å². The molecule has 2 heterocycles. The molecule has 1 aromatic carbocycles. The molecule has 3 aliphatic rings. The molecule has 0 unspecified atom stereocenters. The zero-order chi connectivity index (χ0) is 17.3. The second-order valence-electron chi connectivity index (χ2n) is 8.61. The number of nitrogens with zero attached hydrogens (tertiary/aromatic N) is 2. The Morgan fingerprint density at radius 1 is 1.20 bits per heavy atom. The first-order valence-corrected chi connectivity index (χ1v) is 9.90. The van der Waals surface area contributed by atoms with Gasteiger partial charge in [-0.1, -0.05) is 29.8 Å². The maximum absolute atomic E-state index is 12.1. The largest absolute Gasteiger partial charge is 0.352 e. The summed E-state index contributed by atoms with van der Waals surface area (Å²) in [7, 11) is 0. The van der Waals surface area contributed by atoms with Gasteiger partial charge in [-0.2, -0.15) is 0 Å². The van der Waals surface area contributed by atoms with Crippen LogP contribution in [0.5, 0.6) is 0 Å². The number of piperidine rings is 1. The van der Waals surface area contributed by atoms with Crippen molar-refractivity contribution in [2.45, 2.75) is 51.6 Å². The maximum atomic E-state index is 12.1. The SMILES string of the molecule is Cc1cccc(CN2CCC[C@@]3(CCN(CC(=O)NC4CC4)C3)C2)c1. The first kappa shape index (κ1) is 17.0. The number of benzene rings is 1. The highest BCUT2D eigenvalue weighted by Crippen LogP contribution is 2.39. The molecular weight excluding hydrogens is 310 g/mol. The summed E-state index contributed by atoms with van der Waals surface area (Å²) < 4.78 is 0. The molecular formula is C21H31N3O. The van der Waals surface area contributed by atoms with Gasteiger partial charge in [0.05, 0.1) is 6.54 Å². The summed E-state index contributed by atoms with van der Waals surface area (Å²) in [6.07, 6.45) is 6.19. The quantitative estimate of drug-likeness (QED) is 0.894. The van der Waals surface area contributed by atoms with Crippen LogP contribution in [0.2, 0.25) is 0 Å². The molecule has 1 saturated carbocycles. The van der Waals surface area contributed by atoms with E-state index >= 15 is 0 Å². The van der Waals surface area contributed by atoms with Crippen molar-refractivity contribution in [3.8, 4) is 0 Å². The summed E-state index contributed by atoms with van der Waals surface area (Å²) in [4.78, 5) is 17.1. The second-order valence-corrected chi connectivity index (χ2v) is 8.61. The first-order valence-electron chi connectivity index (χ1n) is 9.90. The van der Waals surface area contributed by atoms with Crippen molar-refractivity contribution < 1.29 is 4.79 Å². The van der Waals surface area contributed by atoms with Crippen LogP contribution in [0.3, 0.4) is 0 Å². The number of hydrogen-bond donors (Lipinski definition) is 1. The molecule has 2 aliphatic heterocycles. The van der Waals surface area contributed by atoms with Crippen LogP contribution in [-0.2, 0) is 11.3 Å². The molecule has 4 rings (SSSR count). The molecule has 1 amide bonds. The van der Waals surface area contributed by atoms with Gasteiger partial charge in [-0.25, -0.2) is 0 Å². The van der Waals surface area contributed by atoms with E-state index in [4.69, 9.17) is 0 Å². The smallest absolute Gasteiger partial charge is 0.234 e. The molecule has 1 atom stereocenters. The van der Waals surface area contributed by atoms with E-state index in [-0.39, 0.29) is 5.91 Å². The van der Waals surface area contributed by atoms with Gasteiger partial charge in [-0.05, 0) is 63.1 Å². The zero-order valence-corrected chi connectivity index (χ0v) is 15.5. The van der Waals surface area contributed by atoms with Crippen LogP contribution in [-0.4, -0.2) is 54.5 Å². The fraction of sp³-hybridized carbons (Fsp3) is 0.667. The second kappa shape index (κ2) is 7.08. The Balaban J connectivity index is 1.31. The number of rotatable bonds is 5. The van der Waals surface area contributed by atoms with E-state index in [9.17, 15) is 4.79 Å². The summed E-state index contributed by atoms with van der Waals surface area (Å²) >= 11 is 0. The fourth-order valence-electron chi connectivity index (χ4n) is 4.71. The minimum Gasteiger partial charge on any atom is -0.352 e. The third kappa shape index (κ3) is 4.42. The van der Waals surface area contributed by atoms with E-state index in [1.54, 1.807) is 0 Å². The Kier molecular flexibility index (Phi) is 4.83. The highest BCUT2D eigenvalue weighted by atomic mass is 16.2. The summed E-state index contributed by atoms with van der Waals surface area (Å²) in [5.41, 5.74) is 3.18. The van der Waals surface area contributed by atoms with E-state index < -0.39 is 0 Å². The number of carbonyl (C=O) groups is 1. The van der Waals surface area contributed by atoms with Crippen molar-refractivity contribution in [1.29, 1.82) is 0 Å². The number of hydrogen-bond acceptors (Lipinski definition) is 3. The van der Waals surface area contributed by atoms with Crippen LogP contribution in [0, 0.1) is 12.3 Å². The molecule has 136 valence electrons. The van der Waals surface area contributed by atoms with Gasteiger partial charge in [-0.3, -0.25) is 14.6 Å². The molecule has 1 N–H and O–H groups in total. The van der Waals surface area contributed by atoms with Crippen LogP contribution in [0.4, 0.5) is 0 Å². The molecule has 0 bridgehead atoms. The highest BCUT2D eigenvalue weighted by molar-refractivity contribution is 5.78. The van der Waals surface area contributed by atoms with E-state index in [0.29, 0.717) is 18.0 Å². The van der Waals surface area contributed by atoms with Gasteiger partial charge in [-0.15, -0.1) is 0 Å². The van der Waals surface area contributed by atoms with Gasteiger partial charge in [0.1, 0.15) is 0 Å². The lowest BCUT2D eigenvalue weighted by molar-refractivity contribution is -0.122. The summed E-state index contributed by atoms with van der Waals surface area (Å²) in [6, 6.07) is 9.37. The lowest BCUT2D eigenvalue weighted by atomic mass is 9.79. The van der Waals surface area contributed by atoms with Gasteiger partial charge in [0.25, 0.3) is 0 Å². The Morgan fingerprint density at radius 2 is 2.04 bits per heavy atom. The summed E-state index contributed by atoms with van der Waals surface area (Å²) in [5.74, 6) is 0.229. The van der Waals surface area contributed by atoms with Gasteiger partial charge in [0, 0.05) is 25.7 Å². The van der Waals surface area contributed by atoms with Crippen molar-refractivity contribution in [3.63, 3.8) is 0 Å². The van der Waals surface area contributed by atoms with Gasteiger partial charge < -0.3 is 5.32 Å². The highest BCUT2D eigenvalue weighted by Gasteiger charge is 2.41. The molecule has 1 aromatic rings. The third-order valence-corrected chi connectivity index (χ3v) is 6.06. The number of aryl methyl sites for hydroxylation is 1. The molecule has 3 fully saturated rings. The summed E-state index contributed by atoms with van der Waals surface area (Å²) in [5, 5.41) is 3.13. The number of carbonyl (C=O) groups excluding carboxylic acids is 1. The molecule has 2 saturated heterocycles. The molecule has 0 aromatic heterocycles. The van der Waals surface area contributed by atoms with Crippen LogP contribution in [0.1, 0.15) is 43.2 Å². The number of nitrogens with one attached hydrogen (secondary N) is 1. The van der Waals surface area contributed by atoms with Gasteiger partial charge in [0.2, 0.25) is 5.91 Å². The minimum atomic E-state index is 0.229. The van der Waals surface area contributed by atoms with E-state index in [1.165, 1.54) is 56.3 Å². The van der Waals surface area contributed by atoms with Crippen LogP contribution in [0.15, 0.2) is 24.3 Å². The Labute approximate surface area is 151 Å². The van der Waals surface area contributed by atoms with Crippen molar-refractivity contribution in [2.24, 2.45) is 5.41 Å². The van der Waals surface area contributed by atoms with Crippen molar-refractivity contribution in [1.82, 2.24) is 15.1 Å². The average Bonchev–Trinajstić information content (AvgIpc) is 3.29. The Hall–Kier alpha value is -1.39. The molecule has 1 spiro atoms. The zero-order valence-electron chi connectivity index (χ0n) is 15.5. The minimum absolute atomic E-state index is 0.229. The average molecular weight is 341 g/mol. The maximum Gasteiger partial charge on any atom is 0.234 e. The van der Waals surface area contributed by atoms with Crippen molar-refractivity contribution >= 4 is 5.91 Å². The number of amides is 1. The lowest BCUT2D eigenvalue weighted by Gasteiger charge is -2.40. The topological polar surface area (TPSA) is 35.6 Å². The Morgan fingerprint density at radius 3 is 2.84 bits per heavy atom. The normalized spacial score (nSPS) is 27.7. The van der Waals surface area contributed by atoms with Crippen molar-refractivity contribution in [3.05, 3.63) is 35.4 Å². The number of likely N-dealkylation sites (tertiary alicyclic amines) is 2. The van der Waals surface area contributed by atoms with Crippen LogP contribution < -0.4 is 5.32 Å². The van der Waals surface area contributed by atoms with E-state index in [1.807, 2.05) is 0 Å². The molecule has 4 nitrogen and oxygen atoms in total. The van der Waals surface area contributed by atoms with Gasteiger partial charge >= 0.3 is 0 Å². The monoisotopic (exact) mass is 341 g/mol. The fourth-order valence-corrected chi connectivity index (χ4v) is 4.71. The predicted octanol–water partition coefficient (Wildman–Crippen LogP) is 2.56. The molecule has 1 aliphatic carbocycles. The lowest BCUT2D eigenvalue weighted by Crippen LogP contribution is -2.45. The van der Waals surface area contributed by atoms with E-state index in [2.05, 4.69) is 46.3 Å². The molecule has 25 heavy (non-hydrogen) atoms. The van der Waals surface area contributed by atoms with Crippen molar-refractivity contribution in [2.75, 3.05) is 32.7 Å². The van der Waals surface area contributed by atoms with Crippen LogP contribution in [0.25, 0.3) is 0 Å². The molecule has 0 radical (unpaired) electrons. The molecule has 4 heteroatoms.